The summed E-state index contributed by atoms with van der Waals surface area (Å²) >= 11 is 0. The molecule has 0 aliphatic heterocycles. The number of hydrogen-bond donors (Lipinski definition) is 1. The summed E-state index contributed by atoms with van der Waals surface area (Å²) in [5.74, 6) is -1.10. The van der Waals surface area contributed by atoms with Crippen molar-refractivity contribution in [3.8, 4) is 0 Å². The molecule has 118 valence electrons. The molecule has 4 heteroatoms. The highest BCUT2D eigenvalue weighted by Gasteiger charge is 2.16. The second kappa shape index (κ2) is 8.67. The van der Waals surface area contributed by atoms with Crippen LogP contribution in [-0.2, 0) is 11.2 Å². The number of carbonyl (C=O) groups is 1. The molecule has 21 heavy (non-hydrogen) atoms. The monoisotopic (exact) mass is 292 g/mol. The number of rotatable bonds is 9. The van der Waals surface area contributed by atoms with E-state index in [0.29, 0.717) is 6.54 Å². The molecule has 0 fully saturated rings. The summed E-state index contributed by atoms with van der Waals surface area (Å²) in [5.41, 5.74) is 2.41. The molecule has 0 spiro atoms. The Labute approximate surface area is 128 Å². The molecule has 0 amide bonds. The molecule has 4 nitrogen and oxygen atoms in total. The van der Waals surface area contributed by atoms with Gasteiger partial charge < -0.3 is 14.9 Å². The van der Waals surface area contributed by atoms with Gasteiger partial charge in [0.05, 0.1) is 5.92 Å². The molecule has 1 N–H and O–H groups in total. The van der Waals surface area contributed by atoms with E-state index in [4.69, 9.17) is 5.11 Å². The Bertz CT molecular complexity index is 429. The van der Waals surface area contributed by atoms with Gasteiger partial charge in [0.1, 0.15) is 0 Å². The fourth-order valence-electron chi connectivity index (χ4n) is 2.25. The SMILES string of the molecule is CCc1ccc(N(CCCN(C)C)CC(C)C(=O)O)cc1. The van der Waals surface area contributed by atoms with Crippen LogP contribution in [0, 0.1) is 5.92 Å². The van der Waals surface area contributed by atoms with Crippen LogP contribution in [0.4, 0.5) is 5.69 Å². The van der Waals surface area contributed by atoms with Crippen molar-refractivity contribution >= 4 is 11.7 Å². The maximum atomic E-state index is 11.1. The van der Waals surface area contributed by atoms with Gasteiger partial charge in [-0.25, -0.2) is 0 Å². The van der Waals surface area contributed by atoms with Gasteiger partial charge in [-0.3, -0.25) is 4.79 Å². The second-order valence-corrected chi connectivity index (χ2v) is 5.86. The van der Waals surface area contributed by atoms with E-state index in [-0.39, 0.29) is 5.92 Å². The number of carboxylic acids is 1. The number of nitrogens with zero attached hydrogens (tertiary/aromatic N) is 2. The molecule has 0 aliphatic rings. The maximum Gasteiger partial charge on any atom is 0.308 e. The molecule has 0 heterocycles. The van der Waals surface area contributed by atoms with Crippen LogP contribution in [0.25, 0.3) is 0 Å². The first-order chi connectivity index (χ1) is 9.93. The van der Waals surface area contributed by atoms with Gasteiger partial charge in [0.2, 0.25) is 0 Å². The third kappa shape index (κ3) is 6.17. The number of anilines is 1. The van der Waals surface area contributed by atoms with Gasteiger partial charge in [-0.05, 0) is 51.2 Å². The zero-order valence-electron chi connectivity index (χ0n) is 13.7. The first-order valence-electron chi connectivity index (χ1n) is 7.65. The van der Waals surface area contributed by atoms with E-state index < -0.39 is 5.97 Å². The normalized spacial score (nSPS) is 12.4. The number of aryl methyl sites for hydroxylation is 1. The van der Waals surface area contributed by atoms with Gasteiger partial charge in [0.25, 0.3) is 0 Å². The highest BCUT2D eigenvalue weighted by Crippen LogP contribution is 2.18. The Morgan fingerprint density at radius 3 is 2.29 bits per heavy atom. The molecule has 0 bridgehead atoms. The molecular formula is C17H28N2O2. The van der Waals surface area contributed by atoms with Gasteiger partial charge in [0, 0.05) is 18.8 Å². The fourth-order valence-corrected chi connectivity index (χ4v) is 2.25. The molecule has 1 unspecified atom stereocenters. The summed E-state index contributed by atoms with van der Waals surface area (Å²) in [5, 5.41) is 9.14. The predicted octanol–water partition coefficient (Wildman–Crippen LogP) is 2.73. The van der Waals surface area contributed by atoms with Gasteiger partial charge >= 0.3 is 5.97 Å². The minimum absolute atomic E-state index is 0.366. The van der Waals surface area contributed by atoms with Gasteiger partial charge in [-0.15, -0.1) is 0 Å². The quantitative estimate of drug-likeness (QED) is 0.760. The number of benzene rings is 1. The average molecular weight is 292 g/mol. The van der Waals surface area contributed by atoms with Gasteiger partial charge in [-0.2, -0.15) is 0 Å². The average Bonchev–Trinajstić information content (AvgIpc) is 2.45. The first kappa shape index (κ1) is 17.5. The van der Waals surface area contributed by atoms with Crippen molar-refractivity contribution in [2.75, 3.05) is 38.6 Å². The largest absolute Gasteiger partial charge is 0.481 e. The van der Waals surface area contributed by atoms with Crippen molar-refractivity contribution < 1.29 is 9.90 Å². The summed E-state index contributed by atoms with van der Waals surface area (Å²) in [6, 6.07) is 8.45. The minimum atomic E-state index is -0.738. The summed E-state index contributed by atoms with van der Waals surface area (Å²) in [4.78, 5) is 15.4. The fraction of sp³-hybridized carbons (Fsp3) is 0.588. The Balaban J connectivity index is 2.75. The number of hydrogen-bond acceptors (Lipinski definition) is 3. The lowest BCUT2D eigenvalue weighted by Crippen LogP contribution is -2.34. The molecule has 0 aliphatic carbocycles. The zero-order chi connectivity index (χ0) is 15.8. The smallest absolute Gasteiger partial charge is 0.308 e. The third-order valence-corrected chi connectivity index (χ3v) is 3.66. The Morgan fingerprint density at radius 2 is 1.81 bits per heavy atom. The highest BCUT2D eigenvalue weighted by atomic mass is 16.4. The van der Waals surface area contributed by atoms with Crippen molar-refractivity contribution in [1.82, 2.24) is 4.90 Å². The van der Waals surface area contributed by atoms with E-state index in [2.05, 4.69) is 55.1 Å². The van der Waals surface area contributed by atoms with Crippen molar-refractivity contribution in [3.05, 3.63) is 29.8 Å². The van der Waals surface area contributed by atoms with Crippen LogP contribution in [0.2, 0.25) is 0 Å². The van der Waals surface area contributed by atoms with Gasteiger partial charge in [-0.1, -0.05) is 26.0 Å². The summed E-state index contributed by atoms with van der Waals surface area (Å²) in [6.45, 7) is 6.33. The molecule has 0 saturated carbocycles. The van der Waals surface area contributed by atoms with Crippen LogP contribution in [0.5, 0.6) is 0 Å². The Morgan fingerprint density at radius 1 is 1.19 bits per heavy atom. The van der Waals surface area contributed by atoms with E-state index in [1.807, 2.05) is 0 Å². The Hall–Kier alpha value is -1.55. The minimum Gasteiger partial charge on any atom is -0.481 e. The zero-order valence-corrected chi connectivity index (χ0v) is 13.7. The van der Waals surface area contributed by atoms with E-state index >= 15 is 0 Å². The lowest BCUT2D eigenvalue weighted by Gasteiger charge is -2.27. The molecule has 0 saturated heterocycles. The lowest BCUT2D eigenvalue weighted by atomic mass is 10.1. The topological polar surface area (TPSA) is 43.8 Å². The van der Waals surface area contributed by atoms with Crippen molar-refractivity contribution in [3.63, 3.8) is 0 Å². The predicted molar refractivity (Wildman–Crippen MR) is 88.0 cm³/mol. The molecule has 0 radical (unpaired) electrons. The first-order valence-corrected chi connectivity index (χ1v) is 7.65. The molecule has 1 aromatic rings. The second-order valence-electron chi connectivity index (χ2n) is 5.86. The summed E-state index contributed by atoms with van der Waals surface area (Å²) in [7, 11) is 4.11. The summed E-state index contributed by atoms with van der Waals surface area (Å²) in [6.07, 6.45) is 2.04. The maximum absolute atomic E-state index is 11.1. The standard InChI is InChI=1S/C17H28N2O2/c1-5-15-7-9-16(10-8-15)19(12-6-11-18(3)4)13-14(2)17(20)21/h7-10,14H,5-6,11-13H2,1-4H3,(H,20,21). The van der Waals surface area contributed by atoms with Crippen LogP contribution in [0.3, 0.4) is 0 Å². The molecule has 1 rings (SSSR count). The van der Waals surface area contributed by atoms with Crippen molar-refractivity contribution in [1.29, 1.82) is 0 Å². The molecule has 0 aromatic heterocycles. The van der Waals surface area contributed by atoms with E-state index in [9.17, 15) is 4.79 Å². The van der Waals surface area contributed by atoms with E-state index in [0.717, 1.165) is 31.6 Å². The Kier molecular flexibility index (Phi) is 7.23. The highest BCUT2D eigenvalue weighted by molar-refractivity contribution is 5.70. The van der Waals surface area contributed by atoms with Crippen LogP contribution >= 0.6 is 0 Å². The molecule has 1 atom stereocenters. The van der Waals surface area contributed by atoms with Crippen LogP contribution in [-0.4, -0.2) is 49.7 Å². The molecule has 1 aromatic carbocycles. The van der Waals surface area contributed by atoms with E-state index in [1.165, 1.54) is 5.56 Å². The molecular weight excluding hydrogens is 264 g/mol. The van der Waals surface area contributed by atoms with Crippen LogP contribution < -0.4 is 4.90 Å². The third-order valence-electron chi connectivity index (χ3n) is 3.66. The van der Waals surface area contributed by atoms with Crippen molar-refractivity contribution in [2.45, 2.75) is 26.7 Å². The van der Waals surface area contributed by atoms with Gasteiger partial charge in [0.15, 0.2) is 0 Å². The van der Waals surface area contributed by atoms with Crippen LogP contribution in [0.15, 0.2) is 24.3 Å². The van der Waals surface area contributed by atoms with Crippen molar-refractivity contribution in [2.24, 2.45) is 5.92 Å². The van der Waals surface area contributed by atoms with Crippen LogP contribution in [0.1, 0.15) is 25.8 Å². The lowest BCUT2D eigenvalue weighted by molar-refractivity contribution is -0.140. The number of aliphatic carboxylic acids is 1. The number of carboxylic acid groups (broad SMARTS) is 1. The summed E-state index contributed by atoms with van der Waals surface area (Å²) < 4.78 is 0. The van der Waals surface area contributed by atoms with E-state index in [1.54, 1.807) is 6.92 Å².